The molecule has 2 N–H and O–H groups in total. The molecule has 0 spiro atoms. The third-order valence-electron chi connectivity index (χ3n) is 3.11. The number of furan rings is 1. The Labute approximate surface area is 132 Å². The van der Waals surface area contributed by atoms with E-state index in [4.69, 9.17) is 10.2 Å². The van der Waals surface area contributed by atoms with E-state index in [2.05, 4.69) is 62.7 Å². The Balaban J connectivity index is 2.69. The summed E-state index contributed by atoms with van der Waals surface area (Å²) in [6, 6.07) is 2.13. The van der Waals surface area contributed by atoms with Crippen molar-refractivity contribution in [3.63, 3.8) is 0 Å². The molecular weight excluding hydrogens is 374 g/mol. The zero-order chi connectivity index (χ0) is 14.4. The molecule has 1 heterocycles. The van der Waals surface area contributed by atoms with Gasteiger partial charge in [0.25, 0.3) is 0 Å². The van der Waals surface area contributed by atoms with Crippen molar-refractivity contribution >= 4 is 31.9 Å². The van der Waals surface area contributed by atoms with Gasteiger partial charge in [-0.1, -0.05) is 6.92 Å². The highest BCUT2D eigenvalue weighted by Crippen LogP contribution is 2.31. The van der Waals surface area contributed by atoms with Crippen LogP contribution in [0.15, 0.2) is 19.6 Å². The second-order valence-corrected chi connectivity index (χ2v) is 6.38. The SMILES string of the molecule is CCN(CCCN(C)C)C(CN)c1cc(Br)c(Br)o1. The first-order chi connectivity index (χ1) is 8.99. The third kappa shape index (κ3) is 5.19. The van der Waals surface area contributed by atoms with E-state index in [0.29, 0.717) is 6.54 Å². The number of nitrogens with two attached hydrogens (primary N) is 1. The van der Waals surface area contributed by atoms with Gasteiger partial charge >= 0.3 is 0 Å². The lowest BCUT2D eigenvalue weighted by molar-refractivity contribution is 0.179. The highest BCUT2D eigenvalue weighted by Gasteiger charge is 2.22. The normalized spacial score (nSPS) is 13.5. The van der Waals surface area contributed by atoms with Crippen LogP contribution >= 0.6 is 31.9 Å². The lowest BCUT2D eigenvalue weighted by atomic mass is 10.1. The van der Waals surface area contributed by atoms with Gasteiger partial charge < -0.3 is 15.1 Å². The summed E-state index contributed by atoms with van der Waals surface area (Å²) in [7, 11) is 4.19. The third-order valence-corrected chi connectivity index (χ3v) is 4.82. The molecule has 0 aliphatic rings. The first kappa shape index (κ1) is 17.2. The van der Waals surface area contributed by atoms with Crippen LogP contribution < -0.4 is 5.73 Å². The van der Waals surface area contributed by atoms with Crippen molar-refractivity contribution in [3.8, 4) is 0 Å². The van der Waals surface area contributed by atoms with E-state index in [0.717, 1.165) is 41.0 Å². The first-order valence-electron chi connectivity index (χ1n) is 6.53. The number of hydrogen-bond donors (Lipinski definition) is 1. The number of halogens is 2. The fourth-order valence-corrected chi connectivity index (χ4v) is 2.70. The van der Waals surface area contributed by atoms with Crippen LogP contribution in [0.4, 0.5) is 0 Å². The van der Waals surface area contributed by atoms with E-state index in [1.165, 1.54) is 0 Å². The van der Waals surface area contributed by atoms with E-state index in [-0.39, 0.29) is 6.04 Å². The van der Waals surface area contributed by atoms with E-state index < -0.39 is 0 Å². The number of nitrogens with zero attached hydrogens (tertiary/aromatic N) is 2. The molecule has 110 valence electrons. The van der Waals surface area contributed by atoms with Gasteiger partial charge in [-0.3, -0.25) is 4.90 Å². The van der Waals surface area contributed by atoms with Crippen molar-refractivity contribution in [1.29, 1.82) is 0 Å². The van der Waals surface area contributed by atoms with E-state index in [1.807, 2.05) is 6.07 Å². The molecule has 1 unspecified atom stereocenters. The van der Waals surface area contributed by atoms with Gasteiger partial charge in [0.05, 0.1) is 10.5 Å². The maximum atomic E-state index is 5.93. The molecule has 4 nitrogen and oxygen atoms in total. The monoisotopic (exact) mass is 395 g/mol. The largest absolute Gasteiger partial charge is 0.451 e. The highest BCUT2D eigenvalue weighted by molar-refractivity contribution is 9.13. The predicted molar refractivity (Wildman–Crippen MR) is 86.3 cm³/mol. The molecule has 1 aromatic rings. The Kier molecular flexibility index (Phi) is 7.61. The van der Waals surface area contributed by atoms with Gasteiger partial charge in [-0.25, -0.2) is 0 Å². The lowest BCUT2D eigenvalue weighted by Gasteiger charge is -2.28. The molecule has 0 fully saturated rings. The van der Waals surface area contributed by atoms with Crippen LogP contribution in [0.3, 0.4) is 0 Å². The Morgan fingerprint density at radius 1 is 1.32 bits per heavy atom. The molecule has 19 heavy (non-hydrogen) atoms. The van der Waals surface area contributed by atoms with E-state index >= 15 is 0 Å². The van der Waals surface area contributed by atoms with Crippen LogP contribution in [-0.4, -0.2) is 50.1 Å². The molecule has 0 aliphatic carbocycles. The van der Waals surface area contributed by atoms with Crippen molar-refractivity contribution in [3.05, 3.63) is 21.0 Å². The van der Waals surface area contributed by atoms with Gasteiger partial charge in [0, 0.05) is 13.1 Å². The van der Waals surface area contributed by atoms with Crippen LogP contribution in [0.2, 0.25) is 0 Å². The zero-order valence-electron chi connectivity index (χ0n) is 11.8. The maximum absolute atomic E-state index is 5.93. The average Bonchev–Trinajstić information content (AvgIpc) is 2.68. The number of likely N-dealkylation sites (N-methyl/N-ethyl adjacent to an activating group) is 1. The number of hydrogen-bond acceptors (Lipinski definition) is 4. The second-order valence-electron chi connectivity index (χ2n) is 4.81. The van der Waals surface area contributed by atoms with Crippen LogP contribution in [0.25, 0.3) is 0 Å². The fraction of sp³-hybridized carbons (Fsp3) is 0.692. The summed E-state index contributed by atoms with van der Waals surface area (Å²) in [4.78, 5) is 4.56. The van der Waals surface area contributed by atoms with Gasteiger partial charge in [-0.05, 0) is 71.5 Å². The molecule has 0 radical (unpaired) electrons. The quantitative estimate of drug-likeness (QED) is 0.733. The van der Waals surface area contributed by atoms with Crippen LogP contribution in [0.1, 0.15) is 25.1 Å². The van der Waals surface area contributed by atoms with Crippen molar-refractivity contribution < 1.29 is 4.42 Å². The van der Waals surface area contributed by atoms with E-state index in [1.54, 1.807) is 0 Å². The summed E-state index contributed by atoms with van der Waals surface area (Å²) in [5.41, 5.74) is 5.93. The van der Waals surface area contributed by atoms with Crippen molar-refractivity contribution in [2.75, 3.05) is 40.3 Å². The minimum Gasteiger partial charge on any atom is -0.451 e. The lowest BCUT2D eigenvalue weighted by Crippen LogP contribution is -2.35. The molecule has 0 aromatic carbocycles. The van der Waals surface area contributed by atoms with Gasteiger partial charge in [-0.15, -0.1) is 0 Å². The molecule has 1 rings (SSSR count). The number of rotatable bonds is 8. The summed E-state index contributed by atoms with van der Waals surface area (Å²) >= 11 is 6.83. The maximum Gasteiger partial charge on any atom is 0.183 e. The molecule has 1 aromatic heterocycles. The van der Waals surface area contributed by atoms with Crippen molar-refractivity contribution in [2.24, 2.45) is 5.73 Å². The molecule has 0 saturated heterocycles. The smallest absolute Gasteiger partial charge is 0.183 e. The minimum absolute atomic E-state index is 0.134. The molecule has 6 heteroatoms. The van der Waals surface area contributed by atoms with Crippen LogP contribution in [0.5, 0.6) is 0 Å². The topological polar surface area (TPSA) is 45.6 Å². The summed E-state index contributed by atoms with van der Waals surface area (Å²) in [5.74, 6) is 0.910. The van der Waals surface area contributed by atoms with Gasteiger partial charge in [0.2, 0.25) is 0 Å². The average molecular weight is 397 g/mol. The van der Waals surface area contributed by atoms with Crippen LogP contribution in [-0.2, 0) is 0 Å². The van der Waals surface area contributed by atoms with Gasteiger partial charge in [0.15, 0.2) is 4.67 Å². The Morgan fingerprint density at radius 3 is 2.42 bits per heavy atom. The second kappa shape index (κ2) is 8.42. The van der Waals surface area contributed by atoms with Crippen LogP contribution in [0, 0.1) is 0 Å². The minimum atomic E-state index is 0.134. The molecule has 0 saturated carbocycles. The standard InChI is InChI=1S/C13H23Br2N3O/c1-4-18(7-5-6-17(2)3)11(9-16)12-8-10(14)13(15)19-12/h8,11H,4-7,9,16H2,1-3H3. The van der Waals surface area contributed by atoms with Crippen molar-refractivity contribution in [2.45, 2.75) is 19.4 Å². The van der Waals surface area contributed by atoms with Crippen molar-refractivity contribution in [1.82, 2.24) is 9.80 Å². The van der Waals surface area contributed by atoms with E-state index in [9.17, 15) is 0 Å². The zero-order valence-corrected chi connectivity index (χ0v) is 15.0. The Hall–Kier alpha value is 0.120. The molecule has 0 amide bonds. The summed E-state index contributed by atoms with van der Waals surface area (Å²) in [5, 5.41) is 0. The Morgan fingerprint density at radius 2 is 2.00 bits per heavy atom. The molecule has 1 atom stereocenters. The molecular formula is C13H23Br2N3O. The van der Waals surface area contributed by atoms with Gasteiger partial charge in [-0.2, -0.15) is 0 Å². The predicted octanol–water partition coefficient (Wildman–Crippen LogP) is 3.08. The fourth-order valence-electron chi connectivity index (χ4n) is 2.10. The Bertz CT molecular complexity index is 362. The molecule has 0 aliphatic heterocycles. The summed E-state index contributed by atoms with van der Waals surface area (Å²) in [6.07, 6.45) is 1.13. The van der Waals surface area contributed by atoms with Gasteiger partial charge in [0.1, 0.15) is 5.76 Å². The summed E-state index contributed by atoms with van der Waals surface area (Å²) < 4.78 is 7.38. The molecule has 0 bridgehead atoms. The highest BCUT2D eigenvalue weighted by atomic mass is 79.9. The first-order valence-corrected chi connectivity index (χ1v) is 8.11. The summed E-state index contributed by atoms with van der Waals surface area (Å²) in [6.45, 7) is 5.78.